The van der Waals surface area contributed by atoms with E-state index in [1.165, 1.54) is 17.4 Å². The molecule has 1 aliphatic heterocycles. The summed E-state index contributed by atoms with van der Waals surface area (Å²) in [6.45, 7) is 9.35. The van der Waals surface area contributed by atoms with E-state index < -0.39 is 0 Å². The van der Waals surface area contributed by atoms with Crippen molar-refractivity contribution in [3.8, 4) is 0 Å². The lowest BCUT2D eigenvalue weighted by Gasteiger charge is -2.33. The fourth-order valence-corrected chi connectivity index (χ4v) is 4.41. The standard InChI is InChI=1S/C23H33N5O2S.HI/c1-3-24-23(25-11-10-19-6-8-20(9-7-19)27-18(2)29)26-17-21(22-5-4-16-31-22)28-12-14-30-15-13-28;/h4-9,16,21H,3,10-15,17H2,1-2H3,(H,27,29)(H2,24,25,26);1H. The SMILES string of the molecule is CCNC(=NCC(c1cccs1)N1CCOCC1)NCCc1ccc(NC(C)=O)cc1.I. The molecule has 32 heavy (non-hydrogen) atoms. The van der Waals surface area contributed by atoms with E-state index in [0.29, 0.717) is 6.54 Å². The van der Waals surface area contributed by atoms with Gasteiger partial charge in [0.25, 0.3) is 0 Å². The van der Waals surface area contributed by atoms with Crippen LogP contribution in [0.1, 0.15) is 30.3 Å². The van der Waals surface area contributed by atoms with Crippen LogP contribution < -0.4 is 16.0 Å². The van der Waals surface area contributed by atoms with Crippen molar-refractivity contribution in [3.05, 3.63) is 52.2 Å². The predicted molar refractivity (Wildman–Crippen MR) is 143 cm³/mol. The lowest BCUT2D eigenvalue weighted by Crippen LogP contribution is -2.42. The molecule has 1 amide bonds. The number of rotatable bonds is 9. The summed E-state index contributed by atoms with van der Waals surface area (Å²) < 4.78 is 5.53. The van der Waals surface area contributed by atoms with Crippen LogP contribution in [-0.2, 0) is 16.0 Å². The van der Waals surface area contributed by atoms with E-state index in [0.717, 1.165) is 57.5 Å². The van der Waals surface area contributed by atoms with E-state index in [2.05, 4.69) is 45.3 Å². The second kappa shape index (κ2) is 14.5. The number of morpholine rings is 1. The van der Waals surface area contributed by atoms with Gasteiger partial charge in [0.15, 0.2) is 5.96 Å². The number of amides is 1. The third kappa shape index (κ3) is 8.68. The fourth-order valence-electron chi connectivity index (χ4n) is 3.56. The molecule has 0 saturated carbocycles. The van der Waals surface area contributed by atoms with Gasteiger partial charge in [-0.15, -0.1) is 35.3 Å². The predicted octanol–water partition coefficient (Wildman–Crippen LogP) is 3.50. The van der Waals surface area contributed by atoms with Crippen molar-refractivity contribution in [3.63, 3.8) is 0 Å². The van der Waals surface area contributed by atoms with Gasteiger partial charge in [-0.2, -0.15) is 0 Å². The molecule has 0 spiro atoms. The Morgan fingerprint density at radius 1 is 1.19 bits per heavy atom. The number of hydrogen-bond acceptors (Lipinski definition) is 5. The van der Waals surface area contributed by atoms with Gasteiger partial charge in [-0.3, -0.25) is 14.7 Å². The zero-order valence-electron chi connectivity index (χ0n) is 18.8. The summed E-state index contributed by atoms with van der Waals surface area (Å²) in [4.78, 5) is 19.9. The van der Waals surface area contributed by atoms with E-state index in [1.807, 2.05) is 24.3 Å². The Hall–Kier alpha value is -1.69. The van der Waals surface area contributed by atoms with Gasteiger partial charge in [0.05, 0.1) is 25.8 Å². The molecule has 1 fully saturated rings. The third-order valence-electron chi connectivity index (χ3n) is 5.11. The van der Waals surface area contributed by atoms with Crippen LogP contribution in [0.15, 0.2) is 46.8 Å². The molecule has 1 saturated heterocycles. The monoisotopic (exact) mass is 571 g/mol. The highest BCUT2D eigenvalue weighted by Gasteiger charge is 2.23. The Kier molecular flexibility index (Phi) is 12.0. The quantitative estimate of drug-likeness (QED) is 0.244. The van der Waals surface area contributed by atoms with Crippen molar-refractivity contribution in [1.29, 1.82) is 0 Å². The van der Waals surface area contributed by atoms with Gasteiger partial charge < -0.3 is 20.7 Å². The number of thiophene rings is 1. The maximum Gasteiger partial charge on any atom is 0.221 e. The van der Waals surface area contributed by atoms with Crippen LogP contribution in [0.4, 0.5) is 5.69 Å². The zero-order chi connectivity index (χ0) is 21.9. The van der Waals surface area contributed by atoms with Crippen molar-refractivity contribution < 1.29 is 9.53 Å². The van der Waals surface area contributed by atoms with Gasteiger partial charge in [0, 0.05) is 43.7 Å². The second-order valence-corrected chi connectivity index (χ2v) is 8.43. The molecule has 0 bridgehead atoms. The Morgan fingerprint density at radius 2 is 1.94 bits per heavy atom. The maximum absolute atomic E-state index is 11.1. The summed E-state index contributed by atoms with van der Waals surface area (Å²) in [5.74, 6) is 0.783. The summed E-state index contributed by atoms with van der Waals surface area (Å²) in [6, 6.07) is 12.5. The molecule has 2 aromatic rings. The van der Waals surface area contributed by atoms with E-state index in [1.54, 1.807) is 11.3 Å². The number of benzene rings is 1. The smallest absolute Gasteiger partial charge is 0.221 e. The van der Waals surface area contributed by atoms with Gasteiger partial charge in [0.1, 0.15) is 0 Å². The number of guanidine groups is 1. The lowest BCUT2D eigenvalue weighted by molar-refractivity contribution is -0.114. The molecule has 2 heterocycles. The van der Waals surface area contributed by atoms with Gasteiger partial charge in [-0.25, -0.2) is 0 Å². The minimum Gasteiger partial charge on any atom is -0.379 e. The van der Waals surface area contributed by atoms with Crippen molar-refractivity contribution in [2.24, 2.45) is 4.99 Å². The number of hydrogen-bond donors (Lipinski definition) is 3. The molecule has 3 N–H and O–H groups in total. The van der Waals surface area contributed by atoms with Crippen molar-refractivity contribution in [2.45, 2.75) is 26.3 Å². The number of carbonyl (C=O) groups excluding carboxylic acids is 1. The van der Waals surface area contributed by atoms with Gasteiger partial charge in [0.2, 0.25) is 5.91 Å². The van der Waals surface area contributed by atoms with Crippen LogP contribution in [0.3, 0.4) is 0 Å². The molecular weight excluding hydrogens is 537 g/mol. The van der Waals surface area contributed by atoms with Crippen LogP contribution in [0, 0.1) is 0 Å². The largest absolute Gasteiger partial charge is 0.379 e. The van der Waals surface area contributed by atoms with Crippen LogP contribution in [0.25, 0.3) is 0 Å². The zero-order valence-corrected chi connectivity index (χ0v) is 21.9. The van der Waals surface area contributed by atoms with Gasteiger partial charge >= 0.3 is 0 Å². The molecule has 0 aliphatic carbocycles. The first kappa shape index (κ1) is 26.6. The minimum atomic E-state index is -0.0566. The number of nitrogens with one attached hydrogen (secondary N) is 3. The Balaban J connectivity index is 0.00000363. The highest BCUT2D eigenvalue weighted by molar-refractivity contribution is 14.0. The summed E-state index contributed by atoms with van der Waals surface area (Å²) in [7, 11) is 0. The van der Waals surface area contributed by atoms with Crippen LogP contribution in [0.2, 0.25) is 0 Å². The summed E-state index contributed by atoms with van der Waals surface area (Å²) >= 11 is 1.79. The van der Waals surface area contributed by atoms with Crippen LogP contribution in [0.5, 0.6) is 0 Å². The van der Waals surface area contributed by atoms with E-state index in [-0.39, 0.29) is 35.9 Å². The van der Waals surface area contributed by atoms with Crippen molar-refractivity contribution in [1.82, 2.24) is 15.5 Å². The number of anilines is 1. The topological polar surface area (TPSA) is 78.0 Å². The Bertz CT molecular complexity index is 823. The number of halogens is 1. The molecule has 9 heteroatoms. The summed E-state index contributed by atoms with van der Waals surface area (Å²) in [6.07, 6.45) is 0.878. The number of aliphatic imine (C=N–C) groups is 1. The molecule has 1 aliphatic rings. The normalized spacial score (nSPS) is 15.5. The first-order chi connectivity index (χ1) is 15.2. The lowest BCUT2D eigenvalue weighted by atomic mass is 10.1. The highest BCUT2D eigenvalue weighted by atomic mass is 127. The molecule has 7 nitrogen and oxygen atoms in total. The number of nitrogens with zero attached hydrogens (tertiary/aromatic N) is 2. The Labute approximate surface area is 212 Å². The average Bonchev–Trinajstić information content (AvgIpc) is 3.30. The number of ether oxygens (including phenoxy) is 1. The van der Waals surface area contributed by atoms with Crippen molar-refractivity contribution >= 4 is 52.9 Å². The fraction of sp³-hybridized carbons (Fsp3) is 0.478. The highest BCUT2D eigenvalue weighted by Crippen LogP contribution is 2.26. The third-order valence-corrected chi connectivity index (χ3v) is 6.08. The first-order valence-corrected chi connectivity index (χ1v) is 11.8. The van der Waals surface area contributed by atoms with Gasteiger partial charge in [-0.05, 0) is 42.5 Å². The molecular formula is C23H34IN5O2S. The van der Waals surface area contributed by atoms with E-state index in [4.69, 9.17) is 9.73 Å². The van der Waals surface area contributed by atoms with E-state index in [9.17, 15) is 4.79 Å². The molecule has 1 atom stereocenters. The number of carbonyl (C=O) groups is 1. The maximum atomic E-state index is 11.1. The molecule has 0 radical (unpaired) electrons. The molecule has 1 aromatic carbocycles. The summed E-state index contributed by atoms with van der Waals surface area (Å²) in [5, 5.41) is 11.7. The van der Waals surface area contributed by atoms with Crippen molar-refractivity contribution in [2.75, 3.05) is 51.3 Å². The molecule has 1 unspecified atom stereocenters. The molecule has 1 aromatic heterocycles. The minimum absolute atomic E-state index is 0. The van der Waals surface area contributed by atoms with Gasteiger partial charge in [-0.1, -0.05) is 18.2 Å². The Morgan fingerprint density at radius 3 is 2.56 bits per heavy atom. The van der Waals surface area contributed by atoms with Crippen LogP contribution in [-0.4, -0.2) is 62.7 Å². The second-order valence-electron chi connectivity index (χ2n) is 7.45. The molecule has 3 rings (SSSR count). The van der Waals surface area contributed by atoms with Crippen LogP contribution >= 0.6 is 35.3 Å². The molecule has 176 valence electrons. The average molecular weight is 572 g/mol. The first-order valence-electron chi connectivity index (χ1n) is 10.9. The summed E-state index contributed by atoms with van der Waals surface area (Å²) in [5.41, 5.74) is 2.03. The van der Waals surface area contributed by atoms with E-state index >= 15 is 0 Å².